The van der Waals surface area contributed by atoms with Crippen molar-refractivity contribution < 1.29 is 9.53 Å². The number of nitrogens with one attached hydrogen (secondary N) is 1. The summed E-state index contributed by atoms with van der Waals surface area (Å²) >= 11 is 7.27. The Labute approximate surface area is 192 Å². The lowest BCUT2D eigenvalue weighted by Gasteiger charge is -2.05. The largest absolute Gasteiger partial charge is 0.497 e. The monoisotopic (exact) mass is 464 g/mol. The van der Waals surface area contributed by atoms with Gasteiger partial charge in [0.2, 0.25) is 5.91 Å². The zero-order chi connectivity index (χ0) is 22.1. The number of hydrogen-bond donors (Lipinski definition) is 1. The maximum atomic E-state index is 12.3. The first kappa shape index (κ1) is 20.3. The third-order valence-electron chi connectivity index (χ3n) is 4.81. The lowest BCUT2D eigenvalue weighted by molar-refractivity contribution is -0.113. The summed E-state index contributed by atoms with van der Waals surface area (Å²) in [5.41, 5.74) is 3.93. The first-order valence-corrected chi connectivity index (χ1v) is 11.0. The molecule has 0 aliphatic heterocycles. The summed E-state index contributed by atoms with van der Waals surface area (Å²) in [6.07, 6.45) is 3.68. The molecule has 2 aromatic carbocycles. The molecule has 0 aliphatic rings. The molecule has 1 amide bonds. The lowest BCUT2D eigenvalue weighted by Crippen LogP contribution is -2.14. The molecule has 0 unspecified atom stereocenters. The van der Waals surface area contributed by atoms with Crippen molar-refractivity contribution in [2.45, 2.75) is 5.16 Å². The second-order valence-corrected chi connectivity index (χ2v) is 8.29. The van der Waals surface area contributed by atoms with Crippen LogP contribution < -0.4 is 10.1 Å². The molecular weight excluding hydrogens is 448 g/mol. The molecule has 0 bridgehead atoms. The molecular formula is C22H17ClN6O2S. The molecule has 8 nitrogen and oxygen atoms in total. The van der Waals surface area contributed by atoms with Crippen LogP contribution in [0.2, 0.25) is 5.02 Å². The fourth-order valence-corrected chi connectivity index (χ4v) is 4.19. The Kier molecular flexibility index (Phi) is 5.42. The van der Waals surface area contributed by atoms with Crippen molar-refractivity contribution in [2.75, 3.05) is 18.2 Å². The van der Waals surface area contributed by atoms with E-state index in [-0.39, 0.29) is 11.7 Å². The van der Waals surface area contributed by atoms with Gasteiger partial charge < -0.3 is 10.1 Å². The van der Waals surface area contributed by atoms with Gasteiger partial charge in [-0.05, 0) is 48.5 Å². The zero-order valence-electron chi connectivity index (χ0n) is 16.9. The van der Waals surface area contributed by atoms with Crippen LogP contribution in [0.5, 0.6) is 5.75 Å². The minimum Gasteiger partial charge on any atom is -0.497 e. The predicted molar refractivity (Wildman–Crippen MR) is 125 cm³/mol. The quantitative estimate of drug-likeness (QED) is 0.374. The summed E-state index contributed by atoms with van der Waals surface area (Å²) in [5.74, 6) is 0.828. The van der Waals surface area contributed by atoms with E-state index in [1.54, 1.807) is 35.9 Å². The molecule has 0 radical (unpaired) electrons. The summed E-state index contributed by atoms with van der Waals surface area (Å²) in [4.78, 5) is 12.3. The Morgan fingerprint density at radius 3 is 2.75 bits per heavy atom. The number of ether oxygens (including phenoxy) is 1. The van der Waals surface area contributed by atoms with Crippen LogP contribution in [-0.2, 0) is 4.79 Å². The molecule has 0 saturated heterocycles. The van der Waals surface area contributed by atoms with Crippen molar-refractivity contribution in [1.29, 1.82) is 0 Å². The average Bonchev–Trinajstić information content (AvgIpc) is 3.42. The third-order valence-corrected chi connectivity index (χ3v) is 5.99. The number of nitrogens with zero attached hydrogens (tertiary/aromatic N) is 5. The van der Waals surface area contributed by atoms with E-state index < -0.39 is 0 Å². The van der Waals surface area contributed by atoms with Crippen molar-refractivity contribution >= 4 is 46.1 Å². The normalized spacial score (nSPS) is 11.2. The number of benzene rings is 2. The van der Waals surface area contributed by atoms with Gasteiger partial charge in [0.05, 0.1) is 18.6 Å². The highest BCUT2D eigenvalue weighted by molar-refractivity contribution is 7.99. The molecule has 0 fully saturated rings. The van der Waals surface area contributed by atoms with Crippen LogP contribution in [0.3, 0.4) is 0 Å². The van der Waals surface area contributed by atoms with E-state index in [9.17, 15) is 4.79 Å². The van der Waals surface area contributed by atoms with Crippen molar-refractivity contribution in [3.63, 3.8) is 0 Å². The molecule has 3 heterocycles. The van der Waals surface area contributed by atoms with Crippen LogP contribution in [0.1, 0.15) is 0 Å². The van der Waals surface area contributed by atoms with Crippen LogP contribution in [0, 0.1) is 0 Å². The maximum absolute atomic E-state index is 12.3. The van der Waals surface area contributed by atoms with Crippen LogP contribution in [0.25, 0.3) is 22.4 Å². The van der Waals surface area contributed by atoms with Crippen LogP contribution in [0.15, 0.2) is 72.1 Å². The van der Waals surface area contributed by atoms with E-state index in [2.05, 4.69) is 20.6 Å². The van der Waals surface area contributed by atoms with Gasteiger partial charge in [-0.15, -0.1) is 10.2 Å². The number of thioether (sulfide) groups is 1. The Hall–Kier alpha value is -3.56. The van der Waals surface area contributed by atoms with Crippen molar-refractivity contribution in [3.8, 4) is 17.0 Å². The van der Waals surface area contributed by atoms with E-state index in [0.29, 0.717) is 21.5 Å². The first-order valence-electron chi connectivity index (χ1n) is 9.66. The second-order valence-electron chi connectivity index (χ2n) is 6.91. The molecule has 1 N–H and O–H groups in total. The fraction of sp³-hybridized carbons (Fsp3) is 0.0909. The fourth-order valence-electron chi connectivity index (χ4n) is 3.29. The molecule has 10 heteroatoms. The smallest absolute Gasteiger partial charge is 0.234 e. The standard InChI is InChI=1S/C22H17ClN6O2S/c1-31-17-7-5-14(6-8-17)18-12-19-21-25-26-22(28(21)9-10-29(19)27-18)32-13-20(30)24-16-4-2-3-15(23)11-16/h2-12H,13H2,1H3,(H,24,30). The van der Waals surface area contributed by atoms with Gasteiger partial charge in [-0.1, -0.05) is 29.4 Å². The van der Waals surface area contributed by atoms with Crippen LogP contribution in [0.4, 0.5) is 5.69 Å². The highest BCUT2D eigenvalue weighted by Crippen LogP contribution is 2.25. The van der Waals surface area contributed by atoms with Gasteiger partial charge in [0, 0.05) is 28.7 Å². The zero-order valence-corrected chi connectivity index (χ0v) is 18.5. The average molecular weight is 465 g/mol. The predicted octanol–water partition coefficient (Wildman–Crippen LogP) is 4.44. The molecule has 0 spiro atoms. The molecule has 3 aromatic heterocycles. The highest BCUT2D eigenvalue weighted by Gasteiger charge is 2.14. The number of carbonyl (C=O) groups is 1. The molecule has 5 rings (SSSR count). The summed E-state index contributed by atoms with van der Waals surface area (Å²) in [6.45, 7) is 0. The third kappa shape index (κ3) is 4.00. The van der Waals surface area contributed by atoms with Gasteiger partial charge >= 0.3 is 0 Å². The van der Waals surface area contributed by atoms with Crippen LogP contribution >= 0.6 is 23.4 Å². The number of rotatable bonds is 6. The van der Waals surface area contributed by atoms with E-state index in [1.807, 2.05) is 47.1 Å². The number of anilines is 1. The number of hydrogen-bond acceptors (Lipinski definition) is 6. The minimum absolute atomic E-state index is 0.152. The van der Waals surface area contributed by atoms with Gasteiger partial charge in [0.15, 0.2) is 10.8 Å². The Morgan fingerprint density at radius 2 is 1.97 bits per heavy atom. The summed E-state index contributed by atoms with van der Waals surface area (Å²) < 4.78 is 8.84. The lowest BCUT2D eigenvalue weighted by atomic mass is 10.1. The molecule has 160 valence electrons. The Balaban J connectivity index is 1.36. The number of fused-ring (bicyclic) bond motifs is 3. The van der Waals surface area contributed by atoms with E-state index in [0.717, 1.165) is 22.5 Å². The van der Waals surface area contributed by atoms with Gasteiger partial charge in [-0.25, -0.2) is 4.52 Å². The molecule has 0 saturated carbocycles. The second kappa shape index (κ2) is 8.52. The molecule has 0 atom stereocenters. The minimum atomic E-state index is -0.152. The Morgan fingerprint density at radius 1 is 1.12 bits per heavy atom. The van der Waals surface area contributed by atoms with Gasteiger partial charge in [0.25, 0.3) is 0 Å². The number of methoxy groups -OCH3 is 1. The van der Waals surface area contributed by atoms with Crippen molar-refractivity contribution in [3.05, 3.63) is 72.0 Å². The molecule has 5 aromatic rings. The Bertz CT molecular complexity index is 1430. The van der Waals surface area contributed by atoms with Crippen molar-refractivity contribution in [1.82, 2.24) is 24.2 Å². The summed E-state index contributed by atoms with van der Waals surface area (Å²) in [5, 5.41) is 17.2. The van der Waals surface area contributed by atoms with Crippen LogP contribution in [-0.4, -0.2) is 43.0 Å². The molecule has 32 heavy (non-hydrogen) atoms. The highest BCUT2D eigenvalue weighted by atomic mass is 35.5. The van der Waals surface area contributed by atoms with Gasteiger partial charge in [-0.2, -0.15) is 5.10 Å². The first-order chi connectivity index (χ1) is 15.6. The topological polar surface area (TPSA) is 85.8 Å². The summed E-state index contributed by atoms with van der Waals surface area (Å²) in [7, 11) is 1.64. The van der Waals surface area contributed by atoms with E-state index in [4.69, 9.17) is 16.3 Å². The molecule has 0 aliphatic carbocycles. The maximum Gasteiger partial charge on any atom is 0.234 e. The van der Waals surface area contributed by atoms with E-state index >= 15 is 0 Å². The number of amides is 1. The van der Waals surface area contributed by atoms with Gasteiger partial charge in [0.1, 0.15) is 11.3 Å². The number of halogens is 1. The number of carbonyl (C=O) groups excluding carboxylic acids is 1. The number of aromatic nitrogens is 5. The van der Waals surface area contributed by atoms with Crippen molar-refractivity contribution in [2.24, 2.45) is 0 Å². The summed E-state index contributed by atoms with van der Waals surface area (Å²) in [6, 6.07) is 16.7. The van der Waals surface area contributed by atoms with Gasteiger partial charge in [-0.3, -0.25) is 9.20 Å². The van der Waals surface area contributed by atoms with E-state index in [1.165, 1.54) is 11.8 Å². The SMILES string of the molecule is COc1ccc(-c2cc3c4nnc(SCC(=O)Nc5cccc(Cl)c5)n4ccn3n2)cc1.